The molecule has 0 unspecified atom stereocenters. The molecule has 3 amide bonds. The van der Waals surface area contributed by atoms with Gasteiger partial charge in [-0.3, -0.25) is 19.3 Å². The third-order valence-corrected chi connectivity index (χ3v) is 7.75. The van der Waals surface area contributed by atoms with Crippen LogP contribution in [0.3, 0.4) is 0 Å². The predicted octanol–water partition coefficient (Wildman–Crippen LogP) is 5.55. The number of fused-ring (bicyclic) bond motifs is 1. The van der Waals surface area contributed by atoms with Gasteiger partial charge in [0.1, 0.15) is 13.2 Å². The standard InChI is InChI=1S/C29H25ClN2O5S/c1-36-25-14-19(10-11-24(25)37-18-22-8-4-5-9-23(22)30)15-26-28(34)32(29(35)38-26)17-27(33)31-13-12-20-6-2-3-7-21(20)16-31/h2-11,14-15H,12-13,16-18H2,1H3/b26-15+. The van der Waals surface area contributed by atoms with Crippen LogP contribution in [0, 0.1) is 0 Å². The van der Waals surface area contributed by atoms with Gasteiger partial charge in [-0.1, -0.05) is 60.1 Å². The number of imide groups is 1. The molecule has 2 aliphatic rings. The van der Waals surface area contributed by atoms with E-state index in [4.69, 9.17) is 21.1 Å². The lowest BCUT2D eigenvalue weighted by atomic mass is 10.00. The number of rotatable bonds is 7. The van der Waals surface area contributed by atoms with Gasteiger partial charge >= 0.3 is 0 Å². The number of hydrogen-bond donors (Lipinski definition) is 0. The molecular formula is C29H25ClN2O5S. The van der Waals surface area contributed by atoms with Crippen LogP contribution >= 0.6 is 23.4 Å². The fraction of sp³-hybridized carbons (Fsp3) is 0.207. The normalized spacial score (nSPS) is 16.1. The van der Waals surface area contributed by atoms with Gasteiger partial charge in [0.2, 0.25) is 5.91 Å². The average Bonchev–Trinajstić information content (AvgIpc) is 3.19. The largest absolute Gasteiger partial charge is 0.493 e. The Balaban J connectivity index is 1.25. The van der Waals surface area contributed by atoms with E-state index >= 15 is 0 Å². The molecule has 7 nitrogen and oxygen atoms in total. The van der Waals surface area contributed by atoms with E-state index in [1.54, 1.807) is 35.2 Å². The quantitative estimate of drug-likeness (QED) is 0.360. The Bertz CT molecular complexity index is 1440. The van der Waals surface area contributed by atoms with Crippen LogP contribution in [0.5, 0.6) is 11.5 Å². The lowest BCUT2D eigenvalue weighted by molar-refractivity contribution is -0.136. The van der Waals surface area contributed by atoms with Crippen molar-refractivity contribution in [2.75, 3.05) is 20.2 Å². The zero-order valence-electron chi connectivity index (χ0n) is 20.7. The summed E-state index contributed by atoms with van der Waals surface area (Å²) in [6.07, 6.45) is 2.37. The Hall–Kier alpha value is -3.75. The van der Waals surface area contributed by atoms with Gasteiger partial charge in [0.05, 0.1) is 12.0 Å². The maximum Gasteiger partial charge on any atom is 0.294 e. The summed E-state index contributed by atoms with van der Waals surface area (Å²) < 4.78 is 11.4. The minimum atomic E-state index is -0.483. The third kappa shape index (κ3) is 5.56. The smallest absolute Gasteiger partial charge is 0.294 e. The van der Waals surface area contributed by atoms with E-state index in [-0.39, 0.29) is 24.0 Å². The average molecular weight is 549 g/mol. The van der Waals surface area contributed by atoms with E-state index in [0.717, 1.165) is 34.2 Å². The van der Waals surface area contributed by atoms with Gasteiger partial charge in [-0.2, -0.15) is 0 Å². The first-order chi connectivity index (χ1) is 18.4. The van der Waals surface area contributed by atoms with Crippen molar-refractivity contribution < 1.29 is 23.9 Å². The SMILES string of the molecule is COc1cc(/C=C2/SC(=O)N(CC(=O)N3CCc4ccccc4C3)C2=O)ccc1OCc1ccccc1Cl. The summed E-state index contributed by atoms with van der Waals surface area (Å²) in [4.78, 5) is 41.5. The third-order valence-electron chi connectivity index (χ3n) is 6.48. The van der Waals surface area contributed by atoms with Crippen molar-refractivity contribution in [3.63, 3.8) is 0 Å². The first-order valence-corrected chi connectivity index (χ1v) is 13.3. The van der Waals surface area contributed by atoms with Crippen molar-refractivity contribution in [1.29, 1.82) is 0 Å². The van der Waals surface area contributed by atoms with Crippen LogP contribution in [0.4, 0.5) is 4.79 Å². The second kappa shape index (κ2) is 11.3. The summed E-state index contributed by atoms with van der Waals surface area (Å²) in [5.74, 6) is 0.269. The number of halogens is 1. The number of carbonyl (C=O) groups excluding carboxylic acids is 3. The van der Waals surface area contributed by atoms with E-state index in [1.165, 1.54) is 12.7 Å². The van der Waals surface area contributed by atoms with Crippen molar-refractivity contribution in [1.82, 2.24) is 9.80 Å². The molecule has 194 valence electrons. The first kappa shape index (κ1) is 25.9. The van der Waals surface area contributed by atoms with E-state index in [2.05, 4.69) is 6.07 Å². The molecule has 3 aromatic rings. The summed E-state index contributed by atoms with van der Waals surface area (Å²) in [5.41, 5.74) is 3.82. The summed E-state index contributed by atoms with van der Waals surface area (Å²) in [6, 6.07) is 20.7. The summed E-state index contributed by atoms with van der Waals surface area (Å²) in [6.45, 7) is 1.03. The highest BCUT2D eigenvalue weighted by molar-refractivity contribution is 8.18. The molecule has 2 heterocycles. The highest BCUT2D eigenvalue weighted by Crippen LogP contribution is 2.35. The van der Waals surface area contributed by atoms with Gasteiger partial charge in [-0.05, 0) is 59.1 Å². The minimum Gasteiger partial charge on any atom is -0.493 e. The molecule has 9 heteroatoms. The highest BCUT2D eigenvalue weighted by atomic mass is 35.5. The van der Waals surface area contributed by atoms with Crippen LogP contribution in [-0.4, -0.2) is 47.1 Å². The van der Waals surface area contributed by atoms with Crippen molar-refractivity contribution in [3.8, 4) is 11.5 Å². The van der Waals surface area contributed by atoms with Gasteiger partial charge < -0.3 is 14.4 Å². The highest BCUT2D eigenvalue weighted by Gasteiger charge is 2.37. The number of hydrogen-bond acceptors (Lipinski definition) is 6. The maximum absolute atomic E-state index is 13.0. The molecule has 0 aromatic heterocycles. The number of benzene rings is 3. The monoisotopic (exact) mass is 548 g/mol. The fourth-order valence-electron chi connectivity index (χ4n) is 4.40. The summed E-state index contributed by atoms with van der Waals surface area (Å²) in [7, 11) is 1.53. The van der Waals surface area contributed by atoms with Crippen molar-refractivity contribution in [2.24, 2.45) is 0 Å². The Morgan fingerprint density at radius 3 is 2.58 bits per heavy atom. The van der Waals surface area contributed by atoms with Crippen LogP contribution in [0.15, 0.2) is 71.6 Å². The molecule has 5 rings (SSSR count). The topological polar surface area (TPSA) is 76.2 Å². The molecule has 0 aliphatic carbocycles. The Morgan fingerprint density at radius 2 is 1.79 bits per heavy atom. The fourth-order valence-corrected chi connectivity index (χ4v) is 5.42. The Morgan fingerprint density at radius 1 is 1.03 bits per heavy atom. The molecule has 0 spiro atoms. The van der Waals surface area contributed by atoms with E-state index < -0.39 is 11.1 Å². The van der Waals surface area contributed by atoms with Gasteiger partial charge in [-0.25, -0.2) is 0 Å². The van der Waals surface area contributed by atoms with Crippen LogP contribution < -0.4 is 9.47 Å². The van der Waals surface area contributed by atoms with Crippen molar-refractivity contribution in [2.45, 2.75) is 19.6 Å². The van der Waals surface area contributed by atoms with Crippen molar-refractivity contribution in [3.05, 3.63) is 98.9 Å². The molecule has 0 atom stereocenters. The molecule has 1 saturated heterocycles. The molecule has 1 fully saturated rings. The number of carbonyl (C=O) groups is 3. The van der Waals surface area contributed by atoms with Gasteiger partial charge in [0.15, 0.2) is 11.5 Å². The van der Waals surface area contributed by atoms with Gasteiger partial charge in [0.25, 0.3) is 11.1 Å². The summed E-state index contributed by atoms with van der Waals surface area (Å²) in [5, 5.41) is 0.154. The van der Waals surface area contributed by atoms with Crippen LogP contribution in [0.2, 0.25) is 5.02 Å². The maximum atomic E-state index is 13.0. The lowest BCUT2D eigenvalue weighted by Gasteiger charge is -2.29. The molecule has 38 heavy (non-hydrogen) atoms. The van der Waals surface area contributed by atoms with Gasteiger partial charge in [0, 0.05) is 23.7 Å². The Labute approximate surface area is 230 Å². The van der Waals surface area contributed by atoms with Crippen LogP contribution in [0.1, 0.15) is 22.3 Å². The second-order valence-corrected chi connectivity index (χ2v) is 10.3. The van der Waals surface area contributed by atoms with E-state index in [1.807, 2.05) is 36.4 Å². The lowest BCUT2D eigenvalue weighted by Crippen LogP contribution is -2.44. The number of ether oxygens (including phenoxy) is 2. The molecule has 0 saturated carbocycles. The number of amides is 3. The molecule has 2 aliphatic heterocycles. The first-order valence-electron chi connectivity index (χ1n) is 12.1. The number of nitrogens with zero attached hydrogens (tertiary/aromatic N) is 2. The van der Waals surface area contributed by atoms with E-state index in [0.29, 0.717) is 35.2 Å². The van der Waals surface area contributed by atoms with Crippen LogP contribution in [-0.2, 0) is 29.2 Å². The number of thioether (sulfide) groups is 1. The second-order valence-electron chi connectivity index (χ2n) is 8.89. The predicted molar refractivity (Wildman–Crippen MR) is 147 cm³/mol. The zero-order valence-corrected chi connectivity index (χ0v) is 22.3. The van der Waals surface area contributed by atoms with Crippen molar-refractivity contribution >= 4 is 46.5 Å². The molecular weight excluding hydrogens is 524 g/mol. The molecule has 3 aromatic carbocycles. The van der Waals surface area contributed by atoms with Crippen LogP contribution in [0.25, 0.3) is 6.08 Å². The molecule has 0 bridgehead atoms. The summed E-state index contributed by atoms with van der Waals surface area (Å²) >= 11 is 7.03. The zero-order chi connectivity index (χ0) is 26.6. The molecule has 0 N–H and O–H groups in total. The van der Waals surface area contributed by atoms with E-state index in [9.17, 15) is 14.4 Å². The Kier molecular flexibility index (Phi) is 7.72. The minimum absolute atomic E-state index is 0.246. The number of methoxy groups -OCH3 is 1. The molecule has 0 radical (unpaired) electrons. The van der Waals surface area contributed by atoms with Gasteiger partial charge in [-0.15, -0.1) is 0 Å².